The third-order valence-corrected chi connectivity index (χ3v) is 5.24. The lowest BCUT2D eigenvalue weighted by Gasteiger charge is -2.21. The van der Waals surface area contributed by atoms with E-state index in [2.05, 4.69) is 25.4 Å². The van der Waals surface area contributed by atoms with Gasteiger partial charge in [0.1, 0.15) is 24.2 Å². The predicted molar refractivity (Wildman–Crippen MR) is 131 cm³/mol. The highest BCUT2D eigenvalue weighted by Gasteiger charge is 2.27. The first-order chi connectivity index (χ1) is 17.8. The van der Waals surface area contributed by atoms with Crippen LogP contribution in [0.1, 0.15) is 23.0 Å². The van der Waals surface area contributed by atoms with Crippen LogP contribution >= 0.6 is 0 Å². The van der Waals surface area contributed by atoms with Gasteiger partial charge in [0.25, 0.3) is 5.56 Å². The lowest BCUT2D eigenvalue weighted by molar-refractivity contribution is 0.195. The van der Waals surface area contributed by atoms with E-state index in [1.807, 2.05) is 0 Å². The number of hydrogen-bond acceptors (Lipinski definition) is 9. The number of ether oxygens (including phenoxy) is 2. The molecule has 0 radical (unpaired) electrons. The fourth-order valence-electron chi connectivity index (χ4n) is 3.50. The molecule has 192 valence electrons. The zero-order valence-corrected chi connectivity index (χ0v) is 19.5. The van der Waals surface area contributed by atoms with Crippen LogP contribution in [0.3, 0.4) is 0 Å². The first-order valence-corrected chi connectivity index (χ1v) is 10.9. The molecule has 13 nitrogen and oxygen atoms in total. The monoisotopic (exact) mass is 510 g/mol. The van der Waals surface area contributed by atoms with E-state index in [0.29, 0.717) is 11.3 Å². The smallest absolute Gasteiger partial charge is 0.349 e. The largest absolute Gasteiger partial charge is 0.497 e. The molecule has 0 aliphatic carbocycles. The molecule has 0 saturated carbocycles. The van der Waals surface area contributed by atoms with Gasteiger partial charge in [0, 0.05) is 35.3 Å². The van der Waals surface area contributed by atoms with Gasteiger partial charge < -0.3 is 30.6 Å². The van der Waals surface area contributed by atoms with Crippen molar-refractivity contribution in [3.8, 4) is 17.3 Å². The molecule has 7 N–H and O–H groups in total. The lowest BCUT2D eigenvalue weighted by atomic mass is 10.0. The van der Waals surface area contributed by atoms with Gasteiger partial charge in [-0.15, -0.1) is 5.10 Å². The number of benzene rings is 2. The highest BCUT2D eigenvalue weighted by molar-refractivity contribution is 5.95. The SMILES string of the molecule is COc1cc(OCCO)c(F)c([C@H](Nc2ccc(C(=N)N)cc2)c2nn(-c3ncc[nH]c3=O)c(=O)[nH]2)c1. The molecule has 4 aromatic rings. The molecule has 0 bridgehead atoms. The Bertz CT molecular complexity index is 1530. The average Bonchev–Trinajstić information content (AvgIpc) is 3.28. The van der Waals surface area contributed by atoms with E-state index in [9.17, 15) is 9.59 Å². The van der Waals surface area contributed by atoms with Crippen LogP contribution in [0, 0.1) is 11.2 Å². The van der Waals surface area contributed by atoms with Crippen molar-refractivity contribution in [2.45, 2.75) is 6.04 Å². The van der Waals surface area contributed by atoms with E-state index in [4.69, 9.17) is 25.7 Å². The minimum Gasteiger partial charge on any atom is -0.497 e. The standard InChI is InChI=1S/C23H23FN8O5/c1-36-14-10-15(17(24)16(11-14)37-9-8-33)18(29-13-4-2-12(3-5-13)19(25)26)20-30-23(35)32(31-20)21-22(34)28-7-6-27-21/h2-7,10-11,18,29,33H,8-9H2,1H3,(H3,25,26)(H,28,34)(H,30,31,35)/t18-/m0/s1. The summed E-state index contributed by atoms with van der Waals surface area (Å²) in [6.07, 6.45) is 2.59. The van der Waals surface area contributed by atoms with Crippen LogP contribution in [-0.4, -0.2) is 56.0 Å². The number of aliphatic hydroxyl groups is 1. The number of hydrogen-bond donors (Lipinski definition) is 6. The van der Waals surface area contributed by atoms with Gasteiger partial charge in [0.2, 0.25) is 5.82 Å². The number of amidine groups is 1. The number of halogens is 1. The van der Waals surface area contributed by atoms with Crippen LogP contribution in [0.5, 0.6) is 11.5 Å². The number of nitrogens with zero attached hydrogens (tertiary/aromatic N) is 3. The first kappa shape index (κ1) is 25.1. The van der Waals surface area contributed by atoms with Crippen LogP contribution in [0.25, 0.3) is 5.82 Å². The van der Waals surface area contributed by atoms with Gasteiger partial charge in [0.05, 0.1) is 13.7 Å². The summed E-state index contributed by atoms with van der Waals surface area (Å²) >= 11 is 0. The van der Waals surface area contributed by atoms with Gasteiger partial charge in [-0.05, 0) is 30.3 Å². The van der Waals surface area contributed by atoms with Crippen molar-refractivity contribution >= 4 is 11.5 Å². The van der Waals surface area contributed by atoms with Crippen LogP contribution < -0.4 is 31.8 Å². The number of H-pyrrole nitrogens is 2. The minimum absolute atomic E-state index is 0.0150. The summed E-state index contributed by atoms with van der Waals surface area (Å²) < 4.78 is 27.1. The number of nitrogens with two attached hydrogens (primary N) is 1. The topological polar surface area (TPSA) is 197 Å². The van der Waals surface area contributed by atoms with Crippen molar-refractivity contribution in [3.63, 3.8) is 0 Å². The molecule has 0 fully saturated rings. The molecule has 2 aromatic heterocycles. The first-order valence-electron chi connectivity index (χ1n) is 10.9. The normalized spacial score (nSPS) is 11.6. The molecular formula is C23H23FN8O5. The van der Waals surface area contributed by atoms with Gasteiger partial charge >= 0.3 is 5.69 Å². The summed E-state index contributed by atoms with van der Waals surface area (Å²) in [5, 5.41) is 24.0. The van der Waals surface area contributed by atoms with Crippen molar-refractivity contribution in [3.05, 3.63) is 92.4 Å². The van der Waals surface area contributed by atoms with E-state index < -0.39 is 23.1 Å². The zero-order valence-electron chi connectivity index (χ0n) is 19.5. The van der Waals surface area contributed by atoms with Gasteiger partial charge in [0.15, 0.2) is 17.4 Å². The van der Waals surface area contributed by atoms with Crippen molar-refractivity contribution in [1.82, 2.24) is 24.7 Å². The Morgan fingerprint density at radius 2 is 2.05 bits per heavy atom. The lowest BCUT2D eigenvalue weighted by Crippen LogP contribution is -2.25. The summed E-state index contributed by atoms with van der Waals surface area (Å²) in [6.45, 7) is -0.505. The summed E-state index contributed by atoms with van der Waals surface area (Å²) in [5.74, 6) is -1.20. The molecule has 0 saturated heterocycles. The number of aliphatic hydroxyl groups excluding tert-OH is 1. The molecule has 2 heterocycles. The highest BCUT2D eigenvalue weighted by atomic mass is 19.1. The number of aromatic amines is 2. The van der Waals surface area contributed by atoms with Gasteiger partial charge in [-0.25, -0.2) is 14.2 Å². The number of aromatic nitrogens is 5. The van der Waals surface area contributed by atoms with Crippen molar-refractivity contribution in [2.24, 2.45) is 5.73 Å². The molecule has 0 aliphatic rings. The van der Waals surface area contributed by atoms with Crippen molar-refractivity contribution < 1.29 is 19.0 Å². The Hall–Kier alpha value is -4.98. The second-order valence-electron chi connectivity index (χ2n) is 7.64. The average molecular weight is 510 g/mol. The summed E-state index contributed by atoms with van der Waals surface area (Å²) in [7, 11) is 1.39. The third-order valence-electron chi connectivity index (χ3n) is 5.24. The molecule has 0 amide bonds. The number of anilines is 1. The fraction of sp³-hybridized carbons (Fsp3) is 0.174. The maximum absolute atomic E-state index is 15.7. The second kappa shape index (κ2) is 10.7. The van der Waals surface area contributed by atoms with Gasteiger partial charge in [-0.1, -0.05) is 0 Å². The maximum atomic E-state index is 15.7. The van der Waals surface area contributed by atoms with Crippen LogP contribution in [-0.2, 0) is 0 Å². The summed E-state index contributed by atoms with van der Waals surface area (Å²) in [5.41, 5.74) is 5.02. The van der Waals surface area contributed by atoms with Crippen LogP contribution in [0.4, 0.5) is 10.1 Å². The second-order valence-corrected chi connectivity index (χ2v) is 7.64. The molecule has 37 heavy (non-hydrogen) atoms. The zero-order chi connectivity index (χ0) is 26.5. The van der Waals surface area contributed by atoms with E-state index >= 15 is 4.39 Å². The Labute approximate surface area is 208 Å². The number of nitrogen functional groups attached to an aromatic ring is 1. The summed E-state index contributed by atoms with van der Waals surface area (Å²) in [4.78, 5) is 33.8. The maximum Gasteiger partial charge on any atom is 0.349 e. The number of methoxy groups -OCH3 is 1. The van der Waals surface area contributed by atoms with E-state index in [1.165, 1.54) is 31.6 Å². The Kier molecular flexibility index (Phi) is 7.29. The summed E-state index contributed by atoms with van der Waals surface area (Å²) in [6, 6.07) is 8.01. The number of nitrogens with one attached hydrogen (secondary N) is 4. The quantitative estimate of drug-likeness (QED) is 0.131. The van der Waals surface area contributed by atoms with Crippen molar-refractivity contribution in [1.29, 1.82) is 5.41 Å². The Morgan fingerprint density at radius 3 is 2.70 bits per heavy atom. The van der Waals surface area contributed by atoms with Crippen LogP contribution in [0.2, 0.25) is 0 Å². The molecular weight excluding hydrogens is 487 g/mol. The predicted octanol–water partition coefficient (Wildman–Crippen LogP) is 0.648. The molecule has 4 rings (SSSR count). The van der Waals surface area contributed by atoms with E-state index in [1.54, 1.807) is 24.3 Å². The molecule has 0 unspecified atom stereocenters. The van der Waals surface area contributed by atoms with E-state index in [-0.39, 0.29) is 47.8 Å². The molecule has 2 aromatic carbocycles. The molecule has 1 atom stereocenters. The molecule has 0 aliphatic heterocycles. The van der Waals surface area contributed by atoms with Crippen LogP contribution in [0.15, 0.2) is 58.4 Å². The Morgan fingerprint density at radius 1 is 1.30 bits per heavy atom. The molecule has 14 heteroatoms. The third kappa shape index (κ3) is 5.33. The van der Waals surface area contributed by atoms with Crippen molar-refractivity contribution in [2.75, 3.05) is 25.6 Å². The number of rotatable bonds is 10. The molecule has 0 spiro atoms. The minimum atomic E-state index is -1.12. The van der Waals surface area contributed by atoms with Gasteiger partial charge in [-0.3, -0.25) is 15.2 Å². The Balaban J connectivity index is 1.86. The fourth-order valence-corrected chi connectivity index (χ4v) is 3.50. The van der Waals surface area contributed by atoms with Gasteiger partial charge in [-0.2, -0.15) is 4.68 Å². The highest BCUT2D eigenvalue weighted by Crippen LogP contribution is 2.34. The van der Waals surface area contributed by atoms with E-state index in [0.717, 1.165) is 4.68 Å².